The highest BCUT2D eigenvalue weighted by molar-refractivity contribution is 7.14. The van der Waals surface area contributed by atoms with Gasteiger partial charge >= 0.3 is 0 Å². The fourth-order valence-corrected chi connectivity index (χ4v) is 4.80. The fraction of sp³-hybridized carbons (Fsp3) is 0.588. The molecule has 1 fully saturated rings. The quantitative estimate of drug-likeness (QED) is 0.785. The zero-order valence-corrected chi connectivity index (χ0v) is 15.0. The average molecular weight is 361 g/mol. The minimum atomic E-state index is -0.180. The van der Waals surface area contributed by atoms with E-state index in [4.69, 9.17) is 4.74 Å². The van der Waals surface area contributed by atoms with Crippen LogP contribution in [0, 0.1) is 0 Å². The van der Waals surface area contributed by atoms with E-state index in [0.29, 0.717) is 6.54 Å². The molecule has 4 heterocycles. The number of aryl methyl sites for hydroxylation is 1. The molecule has 0 atom stereocenters. The summed E-state index contributed by atoms with van der Waals surface area (Å²) in [5.74, 6) is 0.0158. The Morgan fingerprint density at radius 3 is 3.12 bits per heavy atom. The average Bonchev–Trinajstić information content (AvgIpc) is 3.30. The van der Waals surface area contributed by atoms with E-state index in [1.54, 1.807) is 22.2 Å². The minimum Gasteiger partial charge on any atom is -0.370 e. The van der Waals surface area contributed by atoms with Crippen molar-refractivity contribution in [2.75, 3.05) is 26.2 Å². The van der Waals surface area contributed by atoms with Gasteiger partial charge in [0.1, 0.15) is 0 Å². The first-order chi connectivity index (χ1) is 12.3. The van der Waals surface area contributed by atoms with Crippen LogP contribution in [0.5, 0.6) is 0 Å². The first kappa shape index (κ1) is 16.7. The summed E-state index contributed by atoms with van der Waals surface area (Å²) in [5, 5.41) is 14.1. The summed E-state index contributed by atoms with van der Waals surface area (Å²) >= 11 is 1.63. The van der Waals surface area contributed by atoms with E-state index >= 15 is 0 Å². The maximum Gasteiger partial charge on any atom is 0.261 e. The van der Waals surface area contributed by atoms with Crippen LogP contribution in [0.1, 0.15) is 39.4 Å². The predicted octanol–water partition coefficient (Wildman–Crippen LogP) is 1.31. The zero-order chi connectivity index (χ0) is 17.1. The normalized spacial score (nSPS) is 18.9. The molecule has 134 valence electrons. The molecule has 1 amide bonds. The van der Waals surface area contributed by atoms with Crippen LogP contribution < -0.4 is 10.6 Å². The largest absolute Gasteiger partial charge is 0.370 e. The van der Waals surface area contributed by atoms with E-state index in [1.807, 2.05) is 6.20 Å². The molecular weight excluding hydrogens is 338 g/mol. The lowest BCUT2D eigenvalue weighted by Crippen LogP contribution is -2.44. The Balaban J connectivity index is 1.38. The number of piperidine rings is 1. The highest BCUT2D eigenvalue weighted by Gasteiger charge is 2.40. The number of hydrogen-bond acceptors (Lipinski definition) is 6. The third-order valence-electron chi connectivity index (χ3n) is 4.96. The van der Waals surface area contributed by atoms with Gasteiger partial charge in [-0.05, 0) is 44.0 Å². The molecule has 1 saturated heterocycles. The molecule has 0 bridgehead atoms. The van der Waals surface area contributed by atoms with Crippen LogP contribution in [0.3, 0.4) is 0 Å². The Hall–Kier alpha value is -1.77. The zero-order valence-electron chi connectivity index (χ0n) is 14.2. The Bertz CT molecular complexity index is 721. The number of ether oxygens (including phenoxy) is 1. The predicted molar refractivity (Wildman–Crippen MR) is 94.7 cm³/mol. The van der Waals surface area contributed by atoms with Gasteiger partial charge in [0.05, 0.1) is 23.3 Å². The molecule has 2 N–H and O–H groups in total. The van der Waals surface area contributed by atoms with Crippen LogP contribution in [0.15, 0.2) is 18.5 Å². The number of carbonyl (C=O) groups is 1. The van der Waals surface area contributed by atoms with Crippen molar-refractivity contribution < 1.29 is 9.53 Å². The van der Waals surface area contributed by atoms with E-state index in [2.05, 4.69) is 27.0 Å². The van der Waals surface area contributed by atoms with Crippen molar-refractivity contribution in [1.82, 2.24) is 25.6 Å². The molecule has 8 heteroatoms. The molecule has 2 aliphatic rings. The molecule has 0 radical (unpaired) electrons. The van der Waals surface area contributed by atoms with Gasteiger partial charge in [0.25, 0.3) is 5.91 Å². The van der Waals surface area contributed by atoms with E-state index in [-0.39, 0.29) is 11.5 Å². The number of hydrogen-bond donors (Lipinski definition) is 2. The molecule has 0 aromatic carbocycles. The molecule has 2 aliphatic heterocycles. The highest BCUT2D eigenvalue weighted by atomic mass is 32.1. The first-order valence-corrected chi connectivity index (χ1v) is 9.69. The van der Waals surface area contributed by atoms with Crippen molar-refractivity contribution in [3.05, 3.63) is 33.8 Å². The number of aromatic nitrogens is 3. The van der Waals surface area contributed by atoms with Crippen LogP contribution >= 0.6 is 11.3 Å². The Morgan fingerprint density at radius 2 is 2.32 bits per heavy atom. The third-order valence-corrected chi connectivity index (χ3v) is 6.16. The molecular formula is C17H23N5O2S. The monoisotopic (exact) mass is 361 g/mol. The van der Waals surface area contributed by atoms with Gasteiger partial charge in [-0.2, -0.15) is 0 Å². The van der Waals surface area contributed by atoms with Crippen LogP contribution in [0.2, 0.25) is 0 Å². The summed E-state index contributed by atoms with van der Waals surface area (Å²) in [4.78, 5) is 14.6. The van der Waals surface area contributed by atoms with Crippen LogP contribution in [-0.4, -0.2) is 47.1 Å². The summed E-state index contributed by atoms with van der Waals surface area (Å²) in [6, 6.07) is 2.07. The van der Waals surface area contributed by atoms with Crippen molar-refractivity contribution in [1.29, 1.82) is 0 Å². The first-order valence-electron chi connectivity index (χ1n) is 8.87. The van der Waals surface area contributed by atoms with Crippen molar-refractivity contribution >= 4 is 17.2 Å². The molecule has 0 unspecified atom stereocenters. The number of amides is 1. The SMILES string of the molecule is O=C(NCCCn1ccnn1)c1cc2c(s1)CCOC21CCNCC1. The van der Waals surface area contributed by atoms with Gasteiger partial charge in [-0.1, -0.05) is 5.21 Å². The molecule has 0 saturated carbocycles. The van der Waals surface area contributed by atoms with E-state index < -0.39 is 0 Å². The van der Waals surface area contributed by atoms with Gasteiger partial charge in [-0.25, -0.2) is 0 Å². The Labute approximate surface area is 150 Å². The Kier molecular flexibility index (Phi) is 4.82. The van der Waals surface area contributed by atoms with Gasteiger partial charge in [-0.3, -0.25) is 9.48 Å². The minimum absolute atomic E-state index is 0.0158. The number of carbonyl (C=O) groups excluding carboxylic acids is 1. The lowest BCUT2D eigenvalue weighted by atomic mass is 9.83. The van der Waals surface area contributed by atoms with Crippen LogP contribution in [-0.2, 0) is 23.3 Å². The lowest BCUT2D eigenvalue weighted by Gasteiger charge is -2.40. The van der Waals surface area contributed by atoms with E-state index in [1.165, 1.54) is 10.4 Å². The summed E-state index contributed by atoms with van der Waals surface area (Å²) < 4.78 is 7.96. The number of nitrogens with zero attached hydrogens (tertiary/aromatic N) is 3. The van der Waals surface area contributed by atoms with Crippen molar-refractivity contribution in [3.8, 4) is 0 Å². The van der Waals surface area contributed by atoms with Gasteiger partial charge in [0, 0.05) is 30.6 Å². The number of nitrogens with one attached hydrogen (secondary N) is 2. The van der Waals surface area contributed by atoms with Gasteiger partial charge in [0.15, 0.2) is 0 Å². The van der Waals surface area contributed by atoms with Gasteiger partial charge in [0.2, 0.25) is 0 Å². The van der Waals surface area contributed by atoms with Gasteiger partial charge in [-0.15, -0.1) is 16.4 Å². The van der Waals surface area contributed by atoms with E-state index in [0.717, 1.165) is 56.8 Å². The molecule has 25 heavy (non-hydrogen) atoms. The maximum absolute atomic E-state index is 12.5. The lowest BCUT2D eigenvalue weighted by molar-refractivity contribution is -0.0792. The van der Waals surface area contributed by atoms with Crippen LogP contribution in [0.4, 0.5) is 0 Å². The second-order valence-corrected chi connectivity index (χ2v) is 7.70. The van der Waals surface area contributed by atoms with Crippen molar-refractivity contribution in [2.24, 2.45) is 0 Å². The van der Waals surface area contributed by atoms with Crippen molar-refractivity contribution in [3.63, 3.8) is 0 Å². The Morgan fingerprint density at radius 1 is 1.44 bits per heavy atom. The highest BCUT2D eigenvalue weighted by Crippen LogP contribution is 2.43. The van der Waals surface area contributed by atoms with E-state index in [9.17, 15) is 4.79 Å². The number of fused-ring (bicyclic) bond motifs is 2. The standard InChI is InChI=1S/C17H23N5O2S/c23-16(19-5-1-9-22-10-8-20-21-22)15-12-13-14(25-15)2-11-24-17(13)3-6-18-7-4-17/h8,10,12,18H,1-7,9,11H2,(H,19,23). The molecule has 4 rings (SSSR count). The summed E-state index contributed by atoms with van der Waals surface area (Å²) in [6.45, 7) is 4.09. The number of rotatable bonds is 5. The van der Waals surface area contributed by atoms with Gasteiger partial charge < -0.3 is 15.4 Å². The summed E-state index contributed by atoms with van der Waals surface area (Å²) in [7, 11) is 0. The van der Waals surface area contributed by atoms with Crippen molar-refractivity contribution in [2.45, 2.75) is 37.8 Å². The smallest absolute Gasteiger partial charge is 0.261 e. The number of thiophene rings is 1. The summed E-state index contributed by atoms with van der Waals surface area (Å²) in [5.41, 5.74) is 1.07. The molecule has 7 nitrogen and oxygen atoms in total. The van der Waals surface area contributed by atoms with Crippen LogP contribution in [0.25, 0.3) is 0 Å². The topological polar surface area (TPSA) is 81.1 Å². The second-order valence-electron chi connectivity index (χ2n) is 6.57. The second kappa shape index (κ2) is 7.23. The molecule has 2 aromatic heterocycles. The fourth-order valence-electron chi connectivity index (χ4n) is 3.66. The molecule has 2 aromatic rings. The third kappa shape index (κ3) is 3.47. The molecule has 0 aliphatic carbocycles. The molecule has 1 spiro atoms. The maximum atomic E-state index is 12.5. The summed E-state index contributed by atoms with van der Waals surface area (Å²) in [6.07, 6.45) is 7.19.